The van der Waals surface area contributed by atoms with Gasteiger partial charge in [0.15, 0.2) is 0 Å². The number of nitrogens with one attached hydrogen (secondary N) is 1. The zero-order valence-electron chi connectivity index (χ0n) is 11.8. The average Bonchev–Trinajstić information content (AvgIpc) is 2.43. The Morgan fingerprint density at radius 3 is 2.70 bits per heavy atom. The van der Waals surface area contributed by atoms with Crippen LogP contribution in [0.15, 0.2) is 47.4 Å². The molecule has 1 atom stereocenters. The van der Waals surface area contributed by atoms with Gasteiger partial charge in [0.1, 0.15) is 0 Å². The van der Waals surface area contributed by atoms with Crippen molar-refractivity contribution >= 4 is 17.3 Å². The van der Waals surface area contributed by atoms with E-state index in [-0.39, 0.29) is 11.6 Å². The lowest BCUT2D eigenvalue weighted by Crippen LogP contribution is -2.19. The van der Waals surface area contributed by atoms with Crippen LogP contribution in [0.1, 0.15) is 31.9 Å². The fourth-order valence-corrected chi connectivity index (χ4v) is 2.49. The first-order valence-electron chi connectivity index (χ1n) is 6.83. The standard InChI is InChI=1S/C16H19ClN2O/c1-3-10-19-11-13(8-9-16(19)20)18-12(2)14-6-4-5-7-15(14)17/h4-9,11-12,18H,3,10H2,1-2H3. The van der Waals surface area contributed by atoms with E-state index in [1.807, 2.05) is 36.5 Å². The molecule has 0 saturated carbocycles. The number of hydrogen-bond donors (Lipinski definition) is 1. The van der Waals surface area contributed by atoms with E-state index in [9.17, 15) is 4.79 Å². The van der Waals surface area contributed by atoms with Gasteiger partial charge < -0.3 is 9.88 Å². The molecule has 20 heavy (non-hydrogen) atoms. The van der Waals surface area contributed by atoms with Gasteiger partial charge in [0, 0.05) is 23.8 Å². The van der Waals surface area contributed by atoms with Crippen molar-refractivity contribution in [2.45, 2.75) is 32.9 Å². The zero-order chi connectivity index (χ0) is 14.5. The summed E-state index contributed by atoms with van der Waals surface area (Å²) in [6.07, 6.45) is 2.79. The topological polar surface area (TPSA) is 34.0 Å². The average molecular weight is 291 g/mol. The van der Waals surface area contributed by atoms with Crippen LogP contribution >= 0.6 is 11.6 Å². The quantitative estimate of drug-likeness (QED) is 0.900. The first kappa shape index (κ1) is 14.7. The molecule has 0 saturated heterocycles. The summed E-state index contributed by atoms with van der Waals surface area (Å²) in [6.45, 7) is 4.84. The first-order chi connectivity index (χ1) is 9.61. The maximum Gasteiger partial charge on any atom is 0.250 e. The molecular formula is C16H19ClN2O. The van der Waals surface area contributed by atoms with Crippen LogP contribution in [0.4, 0.5) is 5.69 Å². The third-order valence-corrected chi connectivity index (χ3v) is 3.55. The lowest BCUT2D eigenvalue weighted by atomic mass is 10.1. The van der Waals surface area contributed by atoms with Gasteiger partial charge in [0.2, 0.25) is 0 Å². The minimum atomic E-state index is 0.0304. The molecule has 1 N–H and O–H groups in total. The highest BCUT2D eigenvalue weighted by molar-refractivity contribution is 6.31. The summed E-state index contributed by atoms with van der Waals surface area (Å²) in [4.78, 5) is 11.7. The van der Waals surface area contributed by atoms with E-state index in [1.54, 1.807) is 10.6 Å². The van der Waals surface area contributed by atoms with Gasteiger partial charge in [-0.15, -0.1) is 0 Å². The van der Waals surface area contributed by atoms with Crippen molar-refractivity contribution in [1.82, 2.24) is 4.57 Å². The normalized spacial score (nSPS) is 12.2. The van der Waals surface area contributed by atoms with Crippen LogP contribution in [0.2, 0.25) is 5.02 Å². The number of benzene rings is 1. The Labute approximate surface area is 124 Å². The predicted octanol–water partition coefficient (Wildman–Crippen LogP) is 4.08. The molecule has 0 fully saturated rings. The molecule has 0 aliphatic rings. The molecule has 0 aliphatic heterocycles. The number of anilines is 1. The Morgan fingerprint density at radius 2 is 2.00 bits per heavy atom. The summed E-state index contributed by atoms with van der Waals surface area (Å²) in [7, 11) is 0. The molecule has 1 unspecified atom stereocenters. The Hall–Kier alpha value is -1.74. The van der Waals surface area contributed by atoms with Crippen molar-refractivity contribution in [1.29, 1.82) is 0 Å². The van der Waals surface area contributed by atoms with Gasteiger partial charge in [-0.25, -0.2) is 0 Å². The van der Waals surface area contributed by atoms with Crippen LogP contribution in [0.3, 0.4) is 0 Å². The minimum absolute atomic E-state index is 0.0304. The largest absolute Gasteiger partial charge is 0.377 e. The van der Waals surface area contributed by atoms with Gasteiger partial charge >= 0.3 is 0 Å². The third kappa shape index (κ3) is 3.42. The summed E-state index contributed by atoms with van der Waals surface area (Å²) in [5, 5.41) is 4.13. The molecule has 2 aromatic rings. The Morgan fingerprint density at radius 1 is 1.25 bits per heavy atom. The summed E-state index contributed by atoms with van der Waals surface area (Å²) < 4.78 is 1.72. The maximum absolute atomic E-state index is 11.7. The smallest absolute Gasteiger partial charge is 0.250 e. The molecule has 0 spiro atoms. The molecule has 0 aliphatic carbocycles. The summed E-state index contributed by atoms with van der Waals surface area (Å²) in [5.74, 6) is 0. The highest BCUT2D eigenvalue weighted by atomic mass is 35.5. The van der Waals surface area contributed by atoms with Gasteiger partial charge in [0.25, 0.3) is 5.56 Å². The fraction of sp³-hybridized carbons (Fsp3) is 0.312. The number of rotatable bonds is 5. The van der Waals surface area contributed by atoms with Gasteiger partial charge in [-0.2, -0.15) is 0 Å². The van der Waals surface area contributed by atoms with Crippen LogP contribution in [0, 0.1) is 0 Å². The number of aryl methyl sites for hydroxylation is 1. The Kier molecular flexibility index (Phi) is 4.85. The molecule has 2 rings (SSSR count). The zero-order valence-corrected chi connectivity index (χ0v) is 12.5. The first-order valence-corrected chi connectivity index (χ1v) is 7.21. The Balaban J connectivity index is 2.20. The third-order valence-electron chi connectivity index (χ3n) is 3.20. The van der Waals surface area contributed by atoms with E-state index in [1.165, 1.54) is 0 Å². The molecule has 1 aromatic heterocycles. The number of aromatic nitrogens is 1. The molecule has 0 radical (unpaired) electrons. The molecule has 1 aromatic carbocycles. The van der Waals surface area contributed by atoms with Crippen LogP contribution in [-0.2, 0) is 6.54 Å². The highest BCUT2D eigenvalue weighted by Gasteiger charge is 2.09. The van der Waals surface area contributed by atoms with Gasteiger partial charge in [-0.05, 0) is 31.0 Å². The van der Waals surface area contributed by atoms with E-state index in [0.29, 0.717) is 0 Å². The molecule has 106 valence electrons. The van der Waals surface area contributed by atoms with Crippen LogP contribution in [-0.4, -0.2) is 4.57 Å². The maximum atomic E-state index is 11.7. The molecule has 4 heteroatoms. The van der Waals surface area contributed by atoms with Crippen molar-refractivity contribution in [3.05, 3.63) is 63.5 Å². The number of nitrogens with zero attached hydrogens (tertiary/aromatic N) is 1. The van der Waals surface area contributed by atoms with Crippen molar-refractivity contribution in [3.8, 4) is 0 Å². The van der Waals surface area contributed by atoms with Gasteiger partial charge in [-0.3, -0.25) is 4.79 Å². The lowest BCUT2D eigenvalue weighted by Gasteiger charge is -2.17. The molecule has 0 bridgehead atoms. The second kappa shape index (κ2) is 6.62. The fourth-order valence-electron chi connectivity index (χ4n) is 2.19. The van der Waals surface area contributed by atoms with E-state index in [0.717, 1.165) is 29.2 Å². The summed E-state index contributed by atoms with van der Waals surface area (Å²) in [5.41, 5.74) is 2.00. The van der Waals surface area contributed by atoms with Gasteiger partial charge in [0.05, 0.1) is 11.7 Å². The molecular weight excluding hydrogens is 272 g/mol. The molecule has 0 amide bonds. The van der Waals surface area contributed by atoms with Crippen molar-refractivity contribution in [2.24, 2.45) is 0 Å². The second-order valence-corrected chi connectivity index (χ2v) is 5.24. The number of hydrogen-bond acceptors (Lipinski definition) is 2. The SMILES string of the molecule is CCCn1cc(NC(C)c2ccccc2Cl)ccc1=O. The van der Waals surface area contributed by atoms with Crippen molar-refractivity contribution in [3.63, 3.8) is 0 Å². The molecule has 1 heterocycles. The molecule has 3 nitrogen and oxygen atoms in total. The summed E-state index contributed by atoms with van der Waals surface area (Å²) >= 11 is 6.20. The van der Waals surface area contributed by atoms with E-state index >= 15 is 0 Å². The van der Waals surface area contributed by atoms with Crippen molar-refractivity contribution in [2.75, 3.05) is 5.32 Å². The summed E-state index contributed by atoms with van der Waals surface area (Å²) in [6, 6.07) is 11.3. The monoisotopic (exact) mass is 290 g/mol. The van der Waals surface area contributed by atoms with E-state index < -0.39 is 0 Å². The van der Waals surface area contributed by atoms with E-state index in [4.69, 9.17) is 11.6 Å². The predicted molar refractivity (Wildman–Crippen MR) is 84.5 cm³/mol. The minimum Gasteiger partial charge on any atom is -0.377 e. The highest BCUT2D eigenvalue weighted by Crippen LogP contribution is 2.25. The van der Waals surface area contributed by atoms with Gasteiger partial charge in [-0.1, -0.05) is 36.7 Å². The number of halogens is 1. The van der Waals surface area contributed by atoms with Crippen LogP contribution in [0.5, 0.6) is 0 Å². The second-order valence-electron chi connectivity index (χ2n) is 4.84. The Bertz CT molecular complexity index is 636. The lowest BCUT2D eigenvalue weighted by molar-refractivity contribution is 0.654. The van der Waals surface area contributed by atoms with E-state index in [2.05, 4.69) is 19.2 Å². The number of pyridine rings is 1. The van der Waals surface area contributed by atoms with Crippen LogP contribution in [0.25, 0.3) is 0 Å². The van der Waals surface area contributed by atoms with Crippen LogP contribution < -0.4 is 10.9 Å². The van der Waals surface area contributed by atoms with Crippen molar-refractivity contribution < 1.29 is 0 Å².